The Hall–Kier alpha value is -1.12. The topological polar surface area (TPSA) is 34.9 Å². The lowest BCUT2D eigenvalue weighted by atomic mass is 9.83. The van der Waals surface area contributed by atoms with Crippen molar-refractivity contribution in [2.24, 2.45) is 0 Å². The second kappa shape index (κ2) is 3.56. The predicted molar refractivity (Wildman–Crippen MR) is 54.3 cm³/mol. The first-order chi connectivity index (χ1) is 6.74. The quantitative estimate of drug-likeness (QED) is 0.674. The maximum Gasteiger partial charge on any atom is 0.153 e. The molecule has 14 heavy (non-hydrogen) atoms. The third-order valence-corrected chi connectivity index (χ3v) is 3.22. The normalized spacial score (nSPS) is 20.6. The summed E-state index contributed by atoms with van der Waals surface area (Å²) in [6, 6.07) is 0. The molecule has 0 aliphatic heterocycles. The molecule has 2 rings (SSSR count). The Balaban J connectivity index is 2.23. The van der Waals surface area contributed by atoms with E-state index in [4.69, 9.17) is 0 Å². The maximum absolute atomic E-state index is 10.6. The van der Waals surface area contributed by atoms with E-state index in [1.165, 1.54) is 32.1 Å². The van der Waals surface area contributed by atoms with Gasteiger partial charge in [-0.25, -0.2) is 0 Å². The Kier molecular flexibility index (Phi) is 2.40. The summed E-state index contributed by atoms with van der Waals surface area (Å²) >= 11 is 0. The molecular weight excluding hydrogens is 176 g/mol. The van der Waals surface area contributed by atoms with Crippen LogP contribution in [0.4, 0.5) is 0 Å². The number of carbonyl (C=O) groups excluding carboxylic acids is 1. The van der Waals surface area contributed by atoms with E-state index in [2.05, 4.69) is 12.0 Å². The van der Waals surface area contributed by atoms with Gasteiger partial charge in [-0.2, -0.15) is 5.10 Å². The lowest BCUT2D eigenvalue weighted by molar-refractivity contribution is 0.112. The first kappa shape index (κ1) is 9.44. The van der Waals surface area contributed by atoms with Gasteiger partial charge in [0.25, 0.3) is 0 Å². The number of aldehydes is 1. The molecule has 3 nitrogen and oxygen atoms in total. The minimum Gasteiger partial charge on any atom is -0.298 e. The smallest absolute Gasteiger partial charge is 0.153 e. The molecule has 1 aromatic rings. The Labute approximate surface area is 84.1 Å². The number of hydrogen-bond acceptors (Lipinski definition) is 2. The van der Waals surface area contributed by atoms with Crippen LogP contribution in [0.3, 0.4) is 0 Å². The molecule has 0 bridgehead atoms. The summed E-state index contributed by atoms with van der Waals surface area (Å²) in [7, 11) is 0. The minimum atomic E-state index is 0.138. The van der Waals surface area contributed by atoms with Gasteiger partial charge in [0.1, 0.15) is 0 Å². The molecule has 0 spiro atoms. The van der Waals surface area contributed by atoms with Crippen LogP contribution in [0.25, 0.3) is 0 Å². The fourth-order valence-corrected chi connectivity index (χ4v) is 2.24. The summed E-state index contributed by atoms with van der Waals surface area (Å²) in [4.78, 5) is 10.6. The maximum atomic E-state index is 10.6. The monoisotopic (exact) mass is 192 g/mol. The van der Waals surface area contributed by atoms with Gasteiger partial charge in [-0.3, -0.25) is 9.48 Å². The molecule has 1 aliphatic rings. The van der Waals surface area contributed by atoms with Crippen molar-refractivity contribution in [2.75, 3.05) is 0 Å². The number of aromatic nitrogens is 2. The second-order valence-electron chi connectivity index (χ2n) is 4.39. The Morgan fingerprint density at radius 1 is 1.43 bits per heavy atom. The van der Waals surface area contributed by atoms with Crippen molar-refractivity contribution >= 4 is 6.29 Å². The summed E-state index contributed by atoms with van der Waals surface area (Å²) in [5.74, 6) is 0. The van der Waals surface area contributed by atoms with Crippen LogP contribution in [0.5, 0.6) is 0 Å². The fraction of sp³-hybridized carbons (Fsp3) is 0.636. The highest BCUT2D eigenvalue weighted by Gasteiger charge is 2.29. The molecule has 1 heterocycles. The van der Waals surface area contributed by atoms with Crippen molar-refractivity contribution < 1.29 is 4.79 Å². The third-order valence-electron chi connectivity index (χ3n) is 3.22. The molecule has 0 aromatic carbocycles. The van der Waals surface area contributed by atoms with E-state index < -0.39 is 0 Å². The molecule has 1 aliphatic carbocycles. The van der Waals surface area contributed by atoms with Crippen LogP contribution in [0.2, 0.25) is 0 Å². The highest BCUT2D eigenvalue weighted by atomic mass is 16.1. The fourth-order valence-electron chi connectivity index (χ4n) is 2.24. The van der Waals surface area contributed by atoms with Crippen LogP contribution in [0, 0.1) is 0 Å². The highest BCUT2D eigenvalue weighted by Crippen LogP contribution is 2.33. The van der Waals surface area contributed by atoms with Gasteiger partial charge < -0.3 is 0 Å². The average molecular weight is 192 g/mol. The van der Waals surface area contributed by atoms with Gasteiger partial charge in [0.2, 0.25) is 0 Å². The molecule has 0 unspecified atom stereocenters. The van der Waals surface area contributed by atoms with E-state index in [1.807, 2.05) is 10.9 Å². The van der Waals surface area contributed by atoms with E-state index in [1.54, 1.807) is 6.20 Å². The third kappa shape index (κ3) is 1.59. The molecular formula is C11H16N2O. The van der Waals surface area contributed by atoms with Gasteiger partial charge in [0, 0.05) is 6.20 Å². The van der Waals surface area contributed by atoms with Crippen molar-refractivity contribution in [3.05, 3.63) is 18.0 Å². The zero-order chi connectivity index (χ0) is 10.0. The summed E-state index contributed by atoms with van der Waals surface area (Å²) < 4.78 is 1.97. The van der Waals surface area contributed by atoms with Crippen LogP contribution in [0.1, 0.15) is 49.4 Å². The molecule has 1 fully saturated rings. The summed E-state index contributed by atoms with van der Waals surface area (Å²) in [6.45, 7) is 2.23. The predicted octanol–water partition coefficient (Wildman–Crippen LogP) is 2.37. The van der Waals surface area contributed by atoms with Crippen molar-refractivity contribution in [2.45, 2.75) is 44.6 Å². The molecule has 0 radical (unpaired) electrons. The van der Waals surface area contributed by atoms with Crippen LogP contribution < -0.4 is 0 Å². The number of rotatable bonds is 2. The molecule has 0 atom stereocenters. The van der Waals surface area contributed by atoms with Gasteiger partial charge in [-0.1, -0.05) is 19.3 Å². The van der Waals surface area contributed by atoms with Gasteiger partial charge in [0.15, 0.2) is 6.29 Å². The van der Waals surface area contributed by atoms with E-state index in [0.29, 0.717) is 5.56 Å². The molecule has 0 amide bonds. The summed E-state index contributed by atoms with van der Waals surface area (Å²) in [5, 5.41) is 4.27. The SMILES string of the molecule is CC1(n2cc(C=O)cn2)CCCCC1. The standard InChI is InChI=1S/C11H16N2O/c1-11(5-3-2-4-6-11)13-8-10(9-14)7-12-13/h7-9H,2-6H2,1H3. The van der Waals surface area contributed by atoms with Crippen molar-refractivity contribution in [1.82, 2.24) is 9.78 Å². The Morgan fingerprint density at radius 2 is 2.14 bits per heavy atom. The first-order valence-corrected chi connectivity index (χ1v) is 5.25. The molecule has 1 aromatic heterocycles. The van der Waals surface area contributed by atoms with Gasteiger partial charge >= 0.3 is 0 Å². The van der Waals surface area contributed by atoms with Gasteiger partial charge in [0.05, 0.1) is 17.3 Å². The van der Waals surface area contributed by atoms with E-state index in [9.17, 15) is 4.79 Å². The van der Waals surface area contributed by atoms with Gasteiger partial charge in [-0.05, 0) is 19.8 Å². The largest absolute Gasteiger partial charge is 0.298 e. The van der Waals surface area contributed by atoms with E-state index >= 15 is 0 Å². The molecule has 0 saturated heterocycles. The number of carbonyl (C=O) groups is 1. The van der Waals surface area contributed by atoms with Crippen molar-refractivity contribution in [3.63, 3.8) is 0 Å². The zero-order valence-electron chi connectivity index (χ0n) is 8.57. The van der Waals surface area contributed by atoms with Crippen LogP contribution in [0.15, 0.2) is 12.4 Å². The second-order valence-corrected chi connectivity index (χ2v) is 4.39. The number of hydrogen-bond donors (Lipinski definition) is 0. The Bertz CT molecular complexity index is 324. The Morgan fingerprint density at radius 3 is 2.71 bits per heavy atom. The lowest BCUT2D eigenvalue weighted by Crippen LogP contribution is -2.32. The van der Waals surface area contributed by atoms with Gasteiger partial charge in [-0.15, -0.1) is 0 Å². The summed E-state index contributed by atoms with van der Waals surface area (Å²) in [6.07, 6.45) is 10.6. The van der Waals surface area contributed by atoms with E-state index in [-0.39, 0.29) is 5.54 Å². The van der Waals surface area contributed by atoms with Crippen molar-refractivity contribution in [1.29, 1.82) is 0 Å². The van der Waals surface area contributed by atoms with E-state index in [0.717, 1.165) is 6.29 Å². The zero-order valence-corrected chi connectivity index (χ0v) is 8.57. The molecule has 3 heteroatoms. The van der Waals surface area contributed by atoms with Crippen LogP contribution >= 0.6 is 0 Å². The highest BCUT2D eigenvalue weighted by molar-refractivity contribution is 5.73. The molecule has 1 saturated carbocycles. The van der Waals surface area contributed by atoms with Crippen LogP contribution in [-0.2, 0) is 5.54 Å². The minimum absolute atomic E-state index is 0.138. The van der Waals surface area contributed by atoms with Crippen LogP contribution in [-0.4, -0.2) is 16.1 Å². The average Bonchev–Trinajstić information content (AvgIpc) is 2.67. The number of nitrogens with zero attached hydrogens (tertiary/aromatic N) is 2. The first-order valence-electron chi connectivity index (χ1n) is 5.25. The molecule has 0 N–H and O–H groups in total. The summed E-state index contributed by atoms with van der Waals surface area (Å²) in [5.41, 5.74) is 0.816. The van der Waals surface area contributed by atoms with Crippen molar-refractivity contribution in [3.8, 4) is 0 Å². The lowest BCUT2D eigenvalue weighted by Gasteiger charge is -2.33. The molecule has 76 valence electrons.